The second kappa shape index (κ2) is 9.77. The van der Waals surface area contributed by atoms with Gasteiger partial charge in [-0.1, -0.05) is 0 Å². The number of urea groups is 1. The van der Waals surface area contributed by atoms with Crippen molar-refractivity contribution in [2.24, 2.45) is 0 Å². The predicted molar refractivity (Wildman–Crippen MR) is 118 cm³/mol. The first-order valence-corrected chi connectivity index (χ1v) is 12.2. The van der Waals surface area contributed by atoms with Crippen LogP contribution in [0.4, 0.5) is 16.2 Å². The van der Waals surface area contributed by atoms with Crippen molar-refractivity contribution in [1.82, 2.24) is 5.32 Å². The fourth-order valence-corrected chi connectivity index (χ4v) is 5.32. The number of aryl methyl sites for hydroxylation is 2. The number of amides is 3. The minimum atomic E-state index is -1.10. The molecular formula is C21H27N3O4Sn. The number of hydrogen-bond acceptors (Lipinski definition) is 3. The summed E-state index contributed by atoms with van der Waals surface area (Å²) >= 11 is 0.0547. The number of benzene rings is 2. The topological polar surface area (TPSA) is 98.7 Å². The van der Waals surface area contributed by atoms with Gasteiger partial charge in [-0.2, -0.15) is 0 Å². The van der Waals surface area contributed by atoms with Crippen molar-refractivity contribution in [3.05, 3.63) is 52.6 Å². The Morgan fingerprint density at radius 2 is 1.76 bits per heavy atom. The predicted octanol–water partition coefficient (Wildman–Crippen LogP) is 1.15. The third-order valence-corrected chi connectivity index (χ3v) is 8.62. The van der Waals surface area contributed by atoms with E-state index in [2.05, 4.69) is 10.6 Å². The molecule has 0 fully saturated rings. The summed E-state index contributed by atoms with van der Waals surface area (Å²) in [4.78, 5) is 37.5. The molecule has 0 bridgehead atoms. The van der Waals surface area contributed by atoms with E-state index in [9.17, 15) is 19.5 Å². The zero-order chi connectivity index (χ0) is 21.7. The zero-order valence-corrected chi connectivity index (χ0v) is 23.1. The third kappa shape index (κ3) is 5.96. The van der Waals surface area contributed by atoms with E-state index >= 15 is 0 Å². The molecule has 8 heteroatoms. The van der Waals surface area contributed by atoms with E-state index in [-0.39, 0.29) is 29.1 Å². The summed E-state index contributed by atoms with van der Waals surface area (Å²) in [7, 11) is 0. The number of carbonyl (C=O) groups excluding carboxylic acids is 2. The van der Waals surface area contributed by atoms with Crippen LogP contribution in [0.1, 0.15) is 22.3 Å². The number of rotatable bonds is 6. The first-order valence-electron chi connectivity index (χ1n) is 9.31. The molecule has 0 heterocycles. The van der Waals surface area contributed by atoms with Gasteiger partial charge in [0, 0.05) is 0 Å². The van der Waals surface area contributed by atoms with Crippen molar-refractivity contribution < 1.29 is 19.5 Å². The van der Waals surface area contributed by atoms with Crippen molar-refractivity contribution in [3.8, 4) is 0 Å². The van der Waals surface area contributed by atoms with Gasteiger partial charge in [0.05, 0.1) is 0 Å². The van der Waals surface area contributed by atoms with Gasteiger partial charge < -0.3 is 0 Å². The Kier molecular flexibility index (Phi) is 7.66. The van der Waals surface area contributed by atoms with E-state index in [4.69, 9.17) is 0 Å². The van der Waals surface area contributed by atoms with Crippen LogP contribution < -0.4 is 19.1 Å². The summed E-state index contributed by atoms with van der Waals surface area (Å²) < 4.78 is 1.05. The van der Waals surface area contributed by atoms with Gasteiger partial charge in [0.2, 0.25) is 0 Å². The summed E-state index contributed by atoms with van der Waals surface area (Å²) in [6, 6.07) is 8.64. The zero-order valence-electron chi connectivity index (χ0n) is 17.4. The van der Waals surface area contributed by atoms with Crippen LogP contribution in [0.15, 0.2) is 30.3 Å². The van der Waals surface area contributed by atoms with Crippen LogP contribution in [0.25, 0.3) is 0 Å². The molecule has 2 aromatic rings. The number of nitrogens with zero attached hydrogens (tertiary/aromatic N) is 1. The number of carboxylic acid groups (broad SMARTS) is 1. The Labute approximate surface area is 183 Å². The molecule has 2 rings (SSSR count). The average Bonchev–Trinajstić information content (AvgIpc) is 2.65. The van der Waals surface area contributed by atoms with Crippen molar-refractivity contribution in [1.29, 1.82) is 0 Å². The van der Waals surface area contributed by atoms with E-state index in [1.54, 1.807) is 6.07 Å². The van der Waals surface area contributed by atoms with Gasteiger partial charge in [-0.25, -0.2) is 0 Å². The monoisotopic (exact) mass is 505 g/mol. The molecule has 154 valence electrons. The van der Waals surface area contributed by atoms with E-state index in [1.165, 1.54) is 4.90 Å². The summed E-state index contributed by atoms with van der Waals surface area (Å²) in [5.74, 6) is -1.57. The summed E-state index contributed by atoms with van der Waals surface area (Å²) in [5.41, 5.74) is 5.51. The van der Waals surface area contributed by atoms with Gasteiger partial charge in [-0.15, -0.1) is 0 Å². The molecular weight excluding hydrogens is 477 g/mol. The van der Waals surface area contributed by atoms with Gasteiger partial charge in [0.15, 0.2) is 0 Å². The van der Waals surface area contributed by atoms with Crippen LogP contribution in [0.3, 0.4) is 0 Å². The fraction of sp³-hybridized carbons (Fsp3) is 0.286. The van der Waals surface area contributed by atoms with E-state index in [0.29, 0.717) is 11.4 Å². The van der Waals surface area contributed by atoms with Crippen LogP contribution in [0, 0.1) is 27.7 Å². The van der Waals surface area contributed by atoms with E-state index < -0.39 is 24.5 Å². The van der Waals surface area contributed by atoms with Crippen LogP contribution >= 0.6 is 0 Å². The van der Waals surface area contributed by atoms with Crippen LogP contribution in [0.5, 0.6) is 0 Å². The van der Waals surface area contributed by atoms with E-state index in [1.807, 2.05) is 52.0 Å². The Balaban J connectivity index is 2.16. The number of hydrogen-bond donors (Lipinski definition) is 3. The van der Waals surface area contributed by atoms with Crippen molar-refractivity contribution >= 4 is 55.4 Å². The van der Waals surface area contributed by atoms with Crippen LogP contribution in [-0.4, -0.2) is 58.6 Å². The summed E-state index contributed by atoms with van der Waals surface area (Å²) in [5, 5.41) is 14.5. The number of nitrogens with one attached hydrogen (secondary N) is 2. The molecule has 0 saturated heterocycles. The van der Waals surface area contributed by atoms with Gasteiger partial charge in [0.1, 0.15) is 0 Å². The SMILES string of the molecule is Cc1cccc(NC(=O)NCC(=O)N(CC(=O)O)c2cc(C)c(C)c(C)[c]2[SnH3])c1. The number of aliphatic carboxylic acids is 1. The van der Waals surface area contributed by atoms with Crippen LogP contribution in [-0.2, 0) is 9.59 Å². The molecule has 2 aromatic carbocycles. The molecule has 0 spiro atoms. The van der Waals surface area contributed by atoms with Crippen LogP contribution in [0.2, 0.25) is 0 Å². The molecule has 3 N–H and O–H groups in total. The molecule has 0 aliphatic rings. The fourth-order valence-electron chi connectivity index (χ4n) is 3.06. The molecule has 0 unspecified atom stereocenters. The Hall–Kier alpha value is -2.55. The maximum absolute atomic E-state index is 12.8. The van der Waals surface area contributed by atoms with Gasteiger partial charge >= 0.3 is 184 Å². The minimum absolute atomic E-state index is 0.0547. The molecule has 0 aliphatic heterocycles. The second-order valence-corrected chi connectivity index (χ2v) is 9.99. The Morgan fingerprint density at radius 1 is 1.07 bits per heavy atom. The quantitative estimate of drug-likeness (QED) is 0.515. The average molecular weight is 504 g/mol. The first-order chi connectivity index (χ1) is 13.6. The summed E-state index contributed by atoms with van der Waals surface area (Å²) in [6.07, 6.45) is 0. The molecule has 29 heavy (non-hydrogen) atoms. The van der Waals surface area contributed by atoms with Gasteiger partial charge in [0.25, 0.3) is 0 Å². The van der Waals surface area contributed by atoms with Gasteiger partial charge in [-0.3, -0.25) is 0 Å². The third-order valence-electron chi connectivity index (χ3n) is 5.02. The number of carbonyl (C=O) groups is 3. The Bertz CT molecular complexity index is 959. The van der Waals surface area contributed by atoms with Crippen molar-refractivity contribution in [3.63, 3.8) is 0 Å². The molecule has 0 radical (unpaired) electrons. The molecule has 0 aromatic heterocycles. The molecule has 3 amide bonds. The summed E-state index contributed by atoms with van der Waals surface area (Å²) in [6.45, 7) is 7.12. The standard InChI is InChI=1S/C21H24N3O4.Sn.3H/c1-13-6-5-7-17(8-13)23-21(28)22-11-19(25)24(12-20(26)27)18-9-14(2)16(4)15(3)10-18;;;;/h5-9H,11-12H2,1-4H3,(H,26,27)(H2,22,23,28);;;;. The maximum atomic E-state index is 12.8. The second-order valence-electron chi connectivity index (χ2n) is 7.14. The van der Waals surface area contributed by atoms with Gasteiger partial charge in [-0.05, 0) is 0 Å². The number of carboxylic acids is 1. The molecule has 0 atom stereocenters. The van der Waals surface area contributed by atoms with Crippen molar-refractivity contribution in [2.45, 2.75) is 27.7 Å². The first kappa shape index (κ1) is 22.7. The Morgan fingerprint density at radius 3 is 2.38 bits per heavy atom. The molecule has 7 nitrogen and oxygen atoms in total. The van der Waals surface area contributed by atoms with E-state index in [0.717, 1.165) is 25.8 Å². The normalized spacial score (nSPS) is 10.5. The van der Waals surface area contributed by atoms with Crippen molar-refractivity contribution in [2.75, 3.05) is 23.3 Å². The number of anilines is 2. The molecule has 0 saturated carbocycles. The molecule has 0 aliphatic carbocycles.